The second-order valence-electron chi connectivity index (χ2n) is 5.20. The molecule has 4 nitrogen and oxygen atoms in total. The van der Waals surface area contributed by atoms with Crippen LogP contribution in [0, 0.1) is 5.92 Å². The van der Waals surface area contributed by atoms with Crippen LogP contribution in [-0.4, -0.2) is 34.0 Å². The molecule has 0 aliphatic heterocycles. The largest absolute Gasteiger partial charge is 0.480 e. The van der Waals surface area contributed by atoms with Crippen molar-refractivity contribution in [2.45, 2.75) is 65.0 Å². The maximum atomic E-state index is 11.6. The predicted octanol–water partition coefficient (Wildman–Crippen LogP) is 2.28. The molecule has 1 N–H and O–H groups in total. The average Bonchev–Trinajstić information content (AvgIpc) is 2.25. The van der Waals surface area contributed by atoms with Crippen LogP contribution in [0.1, 0.15) is 52.9 Å². The van der Waals surface area contributed by atoms with Gasteiger partial charge in [0.05, 0.1) is 0 Å². The number of carbonyl (C=O) groups excluding carboxylic acids is 1. The minimum atomic E-state index is -0.860. The van der Waals surface area contributed by atoms with Crippen molar-refractivity contribution >= 4 is 11.9 Å². The van der Waals surface area contributed by atoms with Crippen LogP contribution in [0.5, 0.6) is 0 Å². The maximum absolute atomic E-state index is 11.6. The van der Waals surface area contributed by atoms with Crippen LogP contribution in [0.4, 0.5) is 0 Å². The number of carboxylic acids is 1. The minimum Gasteiger partial charge on any atom is -0.480 e. The summed E-state index contributed by atoms with van der Waals surface area (Å²) in [6.07, 6.45) is 5.20. The Morgan fingerprint density at radius 2 is 1.71 bits per heavy atom. The fourth-order valence-corrected chi connectivity index (χ4v) is 2.88. The van der Waals surface area contributed by atoms with Crippen molar-refractivity contribution < 1.29 is 14.7 Å². The molecule has 1 aliphatic carbocycles. The summed E-state index contributed by atoms with van der Waals surface area (Å²) in [6.45, 7) is 5.21. The Labute approximate surface area is 103 Å². The average molecular weight is 241 g/mol. The van der Waals surface area contributed by atoms with Crippen LogP contribution in [0.15, 0.2) is 0 Å². The zero-order chi connectivity index (χ0) is 13.0. The van der Waals surface area contributed by atoms with Crippen LogP contribution in [0.25, 0.3) is 0 Å². The molecule has 0 bridgehead atoms. The molecule has 0 saturated heterocycles. The van der Waals surface area contributed by atoms with E-state index in [2.05, 4.69) is 0 Å². The minimum absolute atomic E-state index is 0.0597. The molecule has 0 aromatic rings. The number of rotatable bonds is 4. The van der Waals surface area contributed by atoms with Gasteiger partial charge in [-0.05, 0) is 32.6 Å². The molecule has 1 saturated carbocycles. The van der Waals surface area contributed by atoms with E-state index in [4.69, 9.17) is 0 Å². The molecule has 1 aliphatic rings. The molecule has 1 unspecified atom stereocenters. The Morgan fingerprint density at radius 1 is 1.18 bits per heavy atom. The lowest BCUT2D eigenvalue weighted by molar-refractivity contribution is -0.154. The molecule has 17 heavy (non-hydrogen) atoms. The number of carboxylic acid groups (broad SMARTS) is 1. The van der Waals surface area contributed by atoms with E-state index >= 15 is 0 Å². The summed E-state index contributed by atoms with van der Waals surface area (Å²) in [5.41, 5.74) is 0. The molecule has 1 fully saturated rings. The Hall–Kier alpha value is -1.06. The van der Waals surface area contributed by atoms with Crippen LogP contribution in [0.2, 0.25) is 0 Å². The van der Waals surface area contributed by atoms with Gasteiger partial charge >= 0.3 is 5.97 Å². The van der Waals surface area contributed by atoms with Crippen molar-refractivity contribution in [3.8, 4) is 0 Å². The van der Waals surface area contributed by atoms with Crippen molar-refractivity contribution in [1.29, 1.82) is 0 Å². The number of hydrogen-bond acceptors (Lipinski definition) is 2. The highest BCUT2D eigenvalue weighted by Gasteiger charge is 2.36. The third kappa shape index (κ3) is 3.45. The molecule has 1 atom stereocenters. The van der Waals surface area contributed by atoms with Gasteiger partial charge in [0.1, 0.15) is 6.04 Å². The van der Waals surface area contributed by atoms with E-state index in [9.17, 15) is 14.7 Å². The molecule has 1 rings (SSSR count). The number of aliphatic carboxylic acids is 1. The molecule has 0 spiro atoms. The monoisotopic (exact) mass is 241 g/mol. The van der Waals surface area contributed by atoms with E-state index in [1.54, 1.807) is 0 Å². The third-order valence-electron chi connectivity index (χ3n) is 3.57. The number of nitrogens with zero attached hydrogens (tertiary/aromatic N) is 1. The Kier molecular flexibility index (Phi) is 4.97. The molecule has 4 heteroatoms. The first-order valence-corrected chi connectivity index (χ1v) is 6.47. The molecule has 98 valence electrons. The van der Waals surface area contributed by atoms with Gasteiger partial charge in [-0.2, -0.15) is 0 Å². The SMILES string of the molecule is CC(=O)N(C(C)C)C(C(=O)O)C1CCCCC1. The van der Waals surface area contributed by atoms with Crippen LogP contribution >= 0.6 is 0 Å². The van der Waals surface area contributed by atoms with Gasteiger partial charge in [-0.15, -0.1) is 0 Å². The molecule has 0 aromatic heterocycles. The van der Waals surface area contributed by atoms with Crippen molar-refractivity contribution in [3.63, 3.8) is 0 Å². The van der Waals surface area contributed by atoms with Crippen molar-refractivity contribution in [3.05, 3.63) is 0 Å². The van der Waals surface area contributed by atoms with Crippen LogP contribution < -0.4 is 0 Å². The summed E-state index contributed by atoms with van der Waals surface area (Å²) in [7, 11) is 0. The van der Waals surface area contributed by atoms with Crippen LogP contribution in [-0.2, 0) is 9.59 Å². The first-order valence-electron chi connectivity index (χ1n) is 6.47. The first kappa shape index (κ1) is 14.0. The van der Waals surface area contributed by atoms with E-state index < -0.39 is 12.0 Å². The molecule has 1 amide bonds. The molecule has 0 aromatic carbocycles. The van der Waals surface area contributed by atoms with Crippen molar-refractivity contribution in [2.75, 3.05) is 0 Å². The van der Waals surface area contributed by atoms with Gasteiger partial charge < -0.3 is 10.0 Å². The van der Waals surface area contributed by atoms with Crippen molar-refractivity contribution in [1.82, 2.24) is 4.90 Å². The summed E-state index contributed by atoms with van der Waals surface area (Å²) in [4.78, 5) is 24.6. The van der Waals surface area contributed by atoms with E-state index in [-0.39, 0.29) is 17.9 Å². The van der Waals surface area contributed by atoms with Gasteiger partial charge in [0, 0.05) is 13.0 Å². The summed E-state index contributed by atoms with van der Waals surface area (Å²) in [5.74, 6) is -0.883. The third-order valence-corrected chi connectivity index (χ3v) is 3.57. The van der Waals surface area contributed by atoms with Gasteiger partial charge in [0.25, 0.3) is 0 Å². The highest BCUT2D eigenvalue weighted by molar-refractivity contribution is 5.82. The van der Waals surface area contributed by atoms with E-state index in [0.717, 1.165) is 25.7 Å². The second kappa shape index (κ2) is 6.03. The van der Waals surface area contributed by atoms with Gasteiger partial charge in [-0.25, -0.2) is 4.79 Å². The summed E-state index contributed by atoms with van der Waals surface area (Å²) < 4.78 is 0. The van der Waals surface area contributed by atoms with E-state index in [0.29, 0.717) is 0 Å². The maximum Gasteiger partial charge on any atom is 0.326 e. The zero-order valence-corrected chi connectivity index (χ0v) is 11.0. The molecule has 0 radical (unpaired) electrons. The van der Waals surface area contributed by atoms with E-state index in [1.807, 2.05) is 13.8 Å². The van der Waals surface area contributed by atoms with Gasteiger partial charge in [-0.1, -0.05) is 19.3 Å². The molecular weight excluding hydrogens is 218 g/mol. The number of hydrogen-bond donors (Lipinski definition) is 1. The molecule has 0 heterocycles. The summed E-state index contributed by atoms with van der Waals surface area (Å²) >= 11 is 0. The van der Waals surface area contributed by atoms with Gasteiger partial charge in [-0.3, -0.25) is 4.79 Å². The number of carbonyl (C=O) groups is 2. The number of amides is 1. The highest BCUT2D eigenvalue weighted by Crippen LogP contribution is 2.30. The Bertz CT molecular complexity index is 282. The highest BCUT2D eigenvalue weighted by atomic mass is 16.4. The normalized spacial score (nSPS) is 19.1. The Balaban J connectivity index is 2.89. The standard InChI is InChI=1S/C13H23NO3/c1-9(2)14(10(3)15)12(13(16)17)11-7-5-4-6-8-11/h9,11-12H,4-8H2,1-3H3,(H,16,17). The quantitative estimate of drug-likeness (QED) is 0.821. The fourth-order valence-electron chi connectivity index (χ4n) is 2.88. The lowest BCUT2D eigenvalue weighted by Gasteiger charge is -2.38. The van der Waals surface area contributed by atoms with Crippen LogP contribution in [0.3, 0.4) is 0 Å². The lowest BCUT2D eigenvalue weighted by atomic mass is 9.82. The zero-order valence-electron chi connectivity index (χ0n) is 11.0. The lowest BCUT2D eigenvalue weighted by Crippen LogP contribution is -2.52. The molecular formula is C13H23NO3. The first-order chi connectivity index (χ1) is 7.95. The van der Waals surface area contributed by atoms with Gasteiger partial charge in [0.15, 0.2) is 0 Å². The summed E-state index contributed by atoms with van der Waals surface area (Å²) in [5, 5.41) is 9.40. The summed E-state index contributed by atoms with van der Waals surface area (Å²) in [6, 6.07) is -0.705. The predicted molar refractivity (Wildman–Crippen MR) is 65.7 cm³/mol. The van der Waals surface area contributed by atoms with Crippen molar-refractivity contribution in [2.24, 2.45) is 5.92 Å². The smallest absolute Gasteiger partial charge is 0.326 e. The van der Waals surface area contributed by atoms with Gasteiger partial charge in [0.2, 0.25) is 5.91 Å². The Morgan fingerprint density at radius 3 is 2.06 bits per heavy atom. The topological polar surface area (TPSA) is 57.6 Å². The van der Waals surface area contributed by atoms with E-state index in [1.165, 1.54) is 18.2 Å². The fraction of sp³-hybridized carbons (Fsp3) is 0.846. The second-order valence-corrected chi connectivity index (χ2v) is 5.20.